The second kappa shape index (κ2) is 11.7. The lowest BCUT2D eigenvalue weighted by molar-refractivity contribution is -0.384. The van der Waals surface area contributed by atoms with E-state index in [1.165, 1.54) is 12.1 Å². The van der Waals surface area contributed by atoms with E-state index in [2.05, 4.69) is 5.32 Å². The van der Waals surface area contributed by atoms with Crippen LogP contribution in [0.15, 0.2) is 24.3 Å². The van der Waals surface area contributed by atoms with Crippen LogP contribution in [0, 0.1) is 17.0 Å². The molecule has 2 heterocycles. The van der Waals surface area contributed by atoms with Gasteiger partial charge in [0.1, 0.15) is 11.6 Å². The molecule has 0 aliphatic carbocycles. The zero-order valence-electron chi connectivity index (χ0n) is 21.8. The van der Waals surface area contributed by atoms with E-state index < -0.39 is 22.7 Å². The fourth-order valence-corrected chi connectivity index (χ4v) is 5.44. The quantitative estimate of drug-likeness (QED) is 0.309. The van der Waals surface area contributed by atoms with E-state index in [4.69, 9.17) is 9.47 Å². The summed E-state index contributed by atoms with van der Waals surface area (Å²) < 4.78 is 10.5. The minimum absolute atomic E-state index is 0.0538. The van der Waals surface area contributed by atoms with Crippen molar-refractivity contribution < 1.29 is 28.8 Å². The number of hydrogen-bond donors (Lipinski definition) is 1. The summed E-state index contributed by atoms with van der Waals surface area (Å²) in [6.45, 7) is 10.1. The van der Waals surface area contributed by atoms with Crippen LogP contribution < -0.4 is 5.32 Å². The summed E-state index contributed by atoms with van der Waals surface area (Å²) in [5.74, 6) is -0.547. The molecule has 1 aromatic carbocycles. The maximum absolute atomic E-state index is 13.6. The Morgan fingerprint density at radius 1 is 1.22 bits per heavy atom. The molecule has 1 aliphatic heterocycles. The number of fused-ring (bicyclic) bond motifs is 1. The molecule has 1 aliphatic rings. The molecule has 0 spiro atoms. The number of non-ortho nitro benzene ring substituents is 1. The Morgan fingerprint density at radius 2 is 1.89 bits per heavy atom. The fraction of sp³-hybridized carbons (Fsp3) is 0.500. The monoisotopic (exact) mass is 531 g/mol. The van der Waals surface area contributed by atoms with Gasteiger partial charge in [-0.15, -0.1) is 11.3 Å². The topological polar surface area (TPSA) is 128 Å². The summed E-state index contributed by atoms with van der Waals surface area (Å²) in [4.78, 5) is 52.5. The van der Waals surface area contributed by atoms with Gasteiger partial charge in [-0.3, -0.25) is 19.7 Å². The lowest BCUT2D eigenvalue weighted by Gasteiger charge is -2.32. The highest BCUT2D eigenvalue weighted by Crippen LogP contribution is 2.33. The average Bonchev–Trinajstić information content (AvgIpc) is 3.11. The van der Waals surface area contributed by atoms with Crippen molar-refractivity contribution in [2.75, 3.05) is 13.2 Å². The molecule has 0 saturated carbocycles. The number of nitrogens with zero attached hydrogens (tertiary/aromatic N) is 2. The smallest absolute Gasteiger partial charge is 0.408 e. The predicted molar refractivity (Wildman–Crippen MR) is 138 cm³/mol. The Bertz CT molecular complexity index is 1170. The Morgan fingerprint density at radius 3 is 2.49 bits per heavy atom. The molecule has 2 aromatic rings. The lowest BCUT2D eigenvalue weighted by atomic mass is 10.0. The van der Waals surface area contributed by atoms with Crippen LogP contribution in [0.25, 0.3) is 0 Å². The van der Waals surface area contributed by atoms with Gasteiger partial charge in [-0.25, -0.2) is 4.79 Å². The zero-order valence-corrected chi connectivity index (χ0v) is 22.6. The summed E-state index contributed by atoms with van der Waals surface area (Å²) in [5, 5.41) is 13.7. The summed E-state index contributed by atoms with van der Waals surface area (Å²) in [7, 11) is 0. The number of alkyl carbamates (subject to hydrolysis) is 1. The molecular formula is C26H33N3O7S. The van der Waals surface area contributed by atoms with Gasteiger partial charge in [0.25, 0.3) is 5.69 Å². The summed E-state index contributed by atoms with van der Waals surface area (Å²) in [6.07, 6.45) is 0.283. The SMILES string of the molecule is CCOC(=O)Cc1sc2c(c1C)CN(C(=O)[C@H](Cc1ccc([N+](=O)[O-])cc1)NC(=O)OC(C)(C)C)CC2. The van der Waals surface area contributed by atoms with Crippen LogP contribution in [0.4, 0.5) is 10.5 Å². The van der Waals surface area contributed by atoms with Gasteiger partial charge in [0.05, 0.1) is 18.0 Å². The number of nitrogens with one attached hydrogen (secondary N) is 1. The number of rotatable bonds is 8. The fourth-order valence-electron chi connectivity index (χ4n) is 4.14. The van der Waals surface area contributed by atoms with Gasteiger partial charge in [0.2, 0.25) is 5.91 Å². The predicted octanol–water partition coefficient (Wildman–Crippen LogP) is 4.09. The molecule has 1 aromatic heterocycles. The molecule has 1 atom stereocenters. The van der Waals surface area contributed by atoms with Crippen molar-refractivity contribution in [2.45, 2.75) is 72.1 Å². The molecule has 0 bridgehead atoms. The van der Waals surface area contributed by atoms with E-state index in [0.717, 1.165) is 20.9 Å². The molecule has 200 valence electrons. The van der Waals surface area contributed by atoms with Crippen LogP contribution in [0.5, 0.6) is 0 Å². The Kier molecular flexibility index (Phi) is 8.90. The first-order valence-corrected chi connectivity index (χ1v) is 13.0. The molecule has 37 heavy (non-hydrogen) atoms. The van der Waals surface area contributed by atoms with Crippen LogP contribution in [0.3, 0.4) is 0 Å². The zero-order chi connectivity index (χ0) is 27.3. The van der Waals surface area contributed by atoms with Crippen LogP contribution in [0.1, 0.15) is 54.1 Å². The third kappa shape index (κ3) is 7.51. The van der Waals surface area contributed by atoms with Crippen molar-refractivity contribution in [3.63, 3.8) is 0 Å². The molecule has 1 N–H and O–H groups in total. The Balaban J connectivity index is 1.80. The second-order valence-electron chi connectivity index (χ2n) is 9.87. The molecule has 0 unspecified atom stereocenters. The normalized spacial score (nSPS) is 13.9. The standard InChI is InChI=1S/C26H33N3O7S/c1-6-35-23(30)14-22-16(2)19-15-28(12-11-21(19)37-22)24(31)20(27-25(32)36-26(3,4)5)13-17-7-9-18(10-8-17)29(33)34/h7-10,20H,6,11-15H2,1-5H3,(H,27,32)/t20-/m0/s1. The average molecular weight is 532 g/mol. The molecule has 10 nitrogen and oxygen atoms in total. The van der Waals surface area contributed by atoms with E-state index >= 15 is 0 Å². The molecule has 2 amide bonds. The summed E-state index contributed by atoms with van der Waals surface area (Å²) in [5.41, 5.74) is 1.88. The number of carbonyl (C=O) groups is 3. The number of nitro groups is 1. The number of nitro benzene ring substituents is 1. The molecule has 3 rings (SSSR count). The third-order valence-electron chi connectivity index (χ3n) is 5.91. The Hall–Kier alpha value is -3.47. The van der Waals surface area contributed by atoms with Crippen molar-refractivity contribution in [1.82, 2.24) is 10.2 Å². The number of hydrogen-bond acceptors (Lipinski definition) is 8. The lowest BCUT2D eigenvalue weighted by Crippen LogP contribution is -2.51. The van der Waals surface area contributed by atoms with Crippen LogP contribution in [-0.2, 0) is 44.9 Å². The first kappa shape index (κ1) is 28.1. The Labute approximate surface area is 220 Å². The molecule has 11 heteroatoms. The second-order valence-corrected chi connectivity index (χ2v) is 11.1. The van der Waals surface area contributed by atoms with Crippen LogP contribution in [-0.4, -0.2) is 52.6 Å². The highest BCUT2D eigenvalue weighted by atomic mass is 32.1. The highest BCUT2D eigenvalue weighted by molar-refractivity contribution is 7.12. The van der Waals surface area contributed by atoms with Crippen molar-refractivity contribution in [1.29, 1.82) is 0 Å². The van der Waals surface area contributed by atoms with Crippen molar-refractivity contribution >= 4 is 35.0 Å². The van der Waals surface area contributed by atoms with Gasteiger partial charge >= 0.3 is 12.1 Å². The van der Waals surface area contributed by atoms with Crippen LogP contribution in [0.2, 0.25) is 0 Å². The summed E-state index contributed by atoms with van der Waals surface area (Å²) in [6, 6.07) is 4.98. The van der Waals surface area contributed by atoms with Crippen molar-refractivity contribution in [3.05, 3.63) is 60.8 Å². The van der Waals surface area contributed by atoms with Crippen molar-refractivity contribution in [3.8, 4) is 0 Å². The van der Waals surface area contributed by atoms with Gasteiger partial charge in [0, 0.05) is 41.4 Å². The van der Waals surface area contributed by atoms with Crippen molar-refractivity contribution in [2.24, 2.45) is 0 Å². The number of benzene rings is 1. The van der Waals surface area contributed by atoms with Gasteiger partial charge in [-0.1, -0.05) is 12.1 Å². The van der Waals surface area contributed by atoms with Gasteiger partial charge in [0.15, 0.2) is 0 Å². The molecule has 0 radical (unpaired) electrons. The first-order valence-electron chi connectivity index (χ1n) is 12.1. The third-order valence-corrected chi connectivity index (χ3v) is 7.30. The van der Waals surface area contributed by atoms with E-state index in [-0.39, 0.29) is 30.4 Å². The van der Waals surface area contributed by atoms with E-state index in [1.807, 2.05) is 6.92 Å². The first-order chi connectivity index (χ1) is 17.4. The number of carbonyl (C=O) groups excluding carboxylic acids is 3. The minimum Gasteiger partial charge on any atom is -0.466 e. The van der Waals surface area contributed by atoms with E-state index in [1.54, 1.807) is 56.1 Å². The van der Waals surface area contributed by atoms with Gasteiger partial charge in [-0.2, -0.15) is 0 Å². The van der Waals surface area contributed by atoms with Crippen LogP contribution >= 0.6 is 11.3 Å². The maximum Gasteiger partial charge on any atom is 0.408 e. The molecule has 0 saturated heterocycles. The molecule has 0 fully saturated rings. The number of esters is 1. The number of amides is 2. The van der Waals surface area contributed by atoms with Gasteiger partial charge < -0.3 is 19.7 Å². The van der Waals surface area contributed by atoms with E-state index in [9.17, 15) is 24.5 Å². The summed E-state index contributed by atoms with van der Waals surface area (Å²) >= 11 is 1.58. The molecular weight excluding hydrogens is 498 g/mol. The van der Waals surface area contributed by atoms with Gasteiger partial charge in [-0.05, 0) is 57.7 Å². The number of ether oxygens (including phenoxy) is 2. The van der Waals surface area contributed by atoms with E-state index in [0.29, 0.717) is 31.7 Å². The maximum atomic E-state index is 13.6. The number of thiophene rings is 1. The largest absolute Gasteiger partial charge is 0.466 e. The highest BCUT2D eigenvalue weighted by Gasteiger charge is 2.32. The minimum atomic E-state index is -0.921.